The fourth-order valence-corrected chi connectivity index (χ4v) is 3.70. The van der Waals surface area contributed by atoms with Crippen molar-refractivity contribution >= 4 is 11.8 Å². The first-order valence-corrected chi connectivity index (χ1v) is 6.99. The Hall–Kier alpha value is -0.630. The van der Waals surface area contributed by atoms with Gasteiger partial charge < -0.3 is 5.11 Å². The van der Waals surface area contributed by atoms with Crippen LogP contribution in [0.25, 0.3) is 0 Å². The SMILES string of the molecule is CC1CCC(Sc2ccccc2O)CC1C. The van der Waals surface area contributed by atoms with Gasteiger partial charge in [0.15, 0.2) is 0 Å². The molecule has 0 saturated heterocycles. The third kappa shape index (κ3) is 2.73. The number of hydrogen-bond donors (Lipinski definition) is 1. The highest BCUT2D eigenvalue weighted by Gasteiger charge is 2.25. The number of hydrogen-bond acceptors (Lipinski definition) is 2. The summed E-state index contributed by atoms with van der Waals surface area (Å²) < 4.78 is 0. The monoisotopic (exact) mass is 236 g/mol. The number of benzene rings is 1. The highest BCUT2D eigenvalue weighted by molar-refractivity contribution is 8.00. The molecule has 3 unspecified atom stereocenters. The first kappa shape index (κ1) is 11.8. The Balaban J connectivity index is 1.98. The fraction of sp³-hybridized carbons (Fsp3) is 0.571. The van der Waals surface area contributed by atoms with Crippen molar-refractivity contribution in [1.29, 1.82) is 0 Å². The van der Waals surface area contributed by atoms with Crippen molar-refractivity contribution in [1.82, 2.24) is 0 Å². The van der Waals surface area contributed by atoms with Gasteiger partial charge in [-0.2, -0.15) is 0 Å². The summed E-state index contributed by atoms with van der Waals surface area (Å²) in [4.78, 5) is 1.04. The zero-order valence-electron chi connectivity index (χ0n) is 10.0. The number of phenolic OH excluding ortho intramolecular Hbond substituents is 1. The molecule has 88 valence electrons. The van der Waals surface area contributed by atoms with Crippen LogP contribution in [0.3, 0.4) is 0 Å². The average Bonchev–Trinajstić information content (AvgIpc) is 2.27. The van der Waals surface area contributed by atoms with Gasteiger partial charge in [0.25, 0.3) is 0 Å². The molecule has 1 fully saturated rings. The number of para-hydroxylation sites is 1. The molecule has 2 heteroatoms. The minimum atomic E-state index is 0.429. The van der Waals surface area contributed by atoms with Crippen LogP contribution in [0.1, 0.15) is 33.1 Å². The summed E-state index contributed by atoms with van der Waals surface area (Å²) in [5.74, 6) is 2.11. The van der Waals surface area contributed by atoms with E-state index in [1.54, 1.807) is 6.07 Å². The van der Waals surface area contributed by atoms with Crippen molar-refractivity contribution in [2.75, 3.05) is 0 Å². The summed E-state index contributed by atoms with van der Waals surface area (Å²) >= 11 is 1.85. The molecule has 1 aliphatic rings. The first-order valence-electron chi connectivity index (χ1n) is 6.11. The Bertz CT molecular complexity index is 350. The second kappa shape index (κ2) is 5.13. The summed E-state index contributed by atoms with van der Waals surface area (Å²) in [6, 6.07) is 7.67. The number of phenols is 1. The van der Waals surface area contributed by atoms with Crippen LogP contribution >= 0.6 is 11.8 Å². The molecule has 1 N–H and O–H groups in total. The van der Waals surface area contributed by atoms with Gasteiger partial charge in [0, 0.05) is 10.1 Å². The summed E-state index contributed by atoms with van der Waals surface area (Å²) in [6.45, 7) is 4.70. The zero-order chi connectivity index (χ0) is 11.5. The van der Waals surface area contributed by atoms with E-state index in [2.05, 4.69) is 13.8 Å². The van der Waals surface area contributed by atoms with E-state index in [1.807, 2.05) is 30.0 Å². The van der Waals surface area contributed by atoms with Crippen LogP contribution in [0.2, 0.25) is 0 Å². The van der Waals surface area contributed by atoms with Crippen molar-refractivity contribution in [2.45, 2.75) is 43.3 Å². The van der Waals surface area contributed by atoms with E-state index in [0.717, 1.165) is 16.7 Å². The van der Waals surface area contributed by atoms with Gasteiger partial charge in [-0.05, 0) is 43.2 Å². The summed E-state index contributed by atoms with van der Waals surface area (Å²) in [7, 11) is 0. The molecule has 0 aliphatic heterocycles. The van der Waals surface area contributed by atoms with Crippen LogP contribution in [0, 0.1) is 11.8 Å². The lowest BCUT2D eigenvalue weighted by molar-refractivity contribution is 0.283. The number of rotatable bonds is 2. The van der Waals surface area contributed by atoms with E-state index in [1.165, 1.54) is 19.3 Å². The van der Waals surface area contributed by atoms with Crippen LogP contribution in [0.5, 0.6) is 5.75 Å². The molecular weight excluding hydrogens is 216 g/mol. The minimum Gasteiger partial charge on any atom is -0.507 e. The average molecular weight is 236 g/mol. The lowest BCUT2D eigenvalue weighted by Crippen LogP contribution is -2.22. The van der Waals surface area contributed by atoms with Crippen LogP contribution in [0.4, 0.5) is 0 Å². The highest BCUT2D eigenvalue weighted by atomic mass is 32.2. The van der Waals surface area contributed by atoms with E-state index in [9.17, 15) is 5.11 Å². The zero-order valence-corrected chi connectivity index (χ0v) is 10.8. The highest BCUT2D eigenvalue weighted by Crippen LogP contribution is 2.41. The van der Waals surface area contributed by atoms with Gasteiger partial charge in [-0.1, -0.05) is 26.0 Å². The standard InChI is InChI=1S/C14H20OS/c1-10-7-8-12(9-11(10)2)16-14-6-4-3-5-13(14)15/h3-6,10-12,15H,7-9H2,1-2H3. The molecule has 0 aromatic heterocycles. The van der Waals surface area contributed by atoms with E-state index >= 15 is 0 Å². The third-order valence-corrected chi connectivity index (χ3v) is 5.07. The molecule has 1 aromatic rings. The molecule has 2 rings (SSSR count). The molecule has 1 nitrogen and oxygen atoms in total. The Morgan fingerprint density at radius 2 is 1.88 bits per heavy atom. The molecule has 1 aromatic carbocycles. The number of aromatic hydroxyl groups is 1. The molecule has 0 heterocycles. The van der Waals surface area contributed by atoms with Crippen LogP contribution in [-0.2, 0) is 0 Å². The lowest BCUT2D eigenvalue weighted by Gasteiger charge is -2.31. The molecule has 0 amide bonds. The quantitative estimate of drug-likeness (QED) is 0.825. The van der Waals surface area contributed by atoms with Gasteiger partial charge in [0.05, 0.1) is 0 Å². The summed E-state index contributed by atoms with van der Waals surface area (Å²) in [6.07, 6.45) is 3.89. The van der Waals surface area contributed by atoms with Crippen molar-refractivity contribution < 1.29 is 5.11 Å². The van der Waals surface area contributed by atoms with Gasteiger partial charge >= 0.3 is 0 Å². The maximum atomic E-state index is 9.74. The Morgan fingerprint density at radius 3 is 2.56 bits per heavy atom. The van der Waals surface area contributed by atoms with Gasteiger partial charge in [-0.15, -0.1) is 11.8 Å². The van der Waals surface area contributed by atoms with Gasteiger partial charge in [0.2, 0.25) is 0 Å². The Morgan fingerprint density at radius 1 is 1.12 bits per heavy atom. The molecule has 0 spiro atoms. The fourth-order valence-electron chi connectivity index (χ4n) is 2.34. The predicted octanol–water partition coefficient (Wildman–Crippen LogP) is 4.31. The molecule has 1 aliphatic carbocycles. The van der Waals surface area contributed by atoms with E-state index in [0.29, 0.717) is 11.0 Å². The number of thioether (sulfide) groups is 1. The van der Waals surface area contributed by atoms with Crippen LogP contribution in [0.15, 0.2) is 29.2 Å². The van der Waals surface area contributed by atoms with Crippen LogP contribution < -0.4 is 0 Å². The van der Waals surface area contributed by atoms with Crippen molar-refractivity contribution in [2.24, 2.45) is 11.8 Å². The van der Waals surface area contributed by atoms with Gasteiger partial charge in [0.1, 0.15) is 5.75 Å². The normalized spacial score (nSPS) is 30.2. The first-order chi connectivity index (χ1) is 7.66. The predicted molar refractivity (Wildman–Crippen MR) is 69.9 cm³/mol. The van der Waals surface area contributed by atoms with Crippen molar-refractivity contribution in [3.05, 3.63) is 24.3 Å². The second-order valence-corrected chi connectivity index (χ2v) is 6.32. The van der Waals surface area contributed by atoms with E-state index in [-0.39, 0.29) is 0 Å². The molecule has 0 bridgehead atoms. The maximum Gasteiger partial charge on any atom is 0.129 e. The van der Waals surface area contributed by atoms with Crippen LogP contribution in [-0.4, -0.2) is 10.4 Å². The van der Waals surface area contributed by atoms with Gasteiger partial charge in [-0.3, -0.25) is 0 Å². The topological polar surface area (TPSA) is 20.2 Å². The van der Waals surface area contributed by atoms with Gasteiger partial charge in [-0.25, -0.2) is 0 Å². The Labute approximate surface area is 102 Å². The van der Waals surface area contributed by atoms with Crippen molar-refractivity contribution in [3.8, 4) is 5.75 Å². The van der Waals surface area contributed by atoms with E-state index < -0.39 is 0 Å². The summed E-state index contributed by atoms with van der Waals surface area (Å²) in [5, 5.41) is 10.4. The molecule has 3 atom stereocenters. The largest absolute Gasteiger partial charge is 0.507 e. The van der Waals surface area contributed by atoms with Crippen molar-refractivity contribution in [3.63, 3.8) is 0 Å². The lowest BCUT2D eigenvalue weighted by atomic mass is 9.81. The maximum absolute atomic E-state index is 9.74. The molecule has 0 radical (unpaired) electrons. The third-order valence-electron chi connectivity index (χ3n) is 3.71. The molecule has 16 heavy (non-hydrogen) atoms. The second-order valence-electron chi connectivity index (χ2n) is 4.98. The smallest absolute Gasteiger partial charge is 0.129 e. The molecule has 1 saturated carbocycles. The summed E-state index contributed by atoms with van der Waals surface area (Å²) in [5.41, 5.74) is 0. The molecular formula is C14H20OS. The van der Waals surface area contributed by atoms with E-state index in [4.69, 9.17) is 0 Å². The Kier molecular flexibility index (Phi) is 3.80. The minimum absolute atomic E-state index is 0.429.